The molecular formula is C17H26N4OS. The summed E-state index contributed by atoms with van der Waals surface area (Å²) < 4.78 is 1.79. The molecule has 0 saturated carbocycles. The van der Waals surface area contributed by atoms with Gasteiger partial charge in [-0.3, -0.25) is 9.36 Å². The number of nitrogens with one attached hydrogen (secondary N) is 1. The van der Waals surface area contributed by atoms with Crippen molar-refractivity contribution in [3.8, 4) is 0 Å². The van der Waals surface area contributed by atoms with Gasteiger partial charge in [-0.05, 0) is 65.2 Å². The van der Waals surface area contributed by atoms with Gasteiger partial charge < -0.3 is 10.2 Å². The Kier molecular flexibility index (Phi) is 5.02. The Morgan fingerprint density at radius 1 is 1.30 bits per heavy atom. The first-order valence-electron chi connectivity index (χ1n) is 8.55. The molecule has 0 saturated heterocycles. The number of hydrogen-bond acceptors (Lipinski definition) is 5. The molecule has 6 heteroatoms. The Balaban J connectivity index is 1.94. The van der Waals surface area contributed by atoms with E-state index < -0.39 is 0 Å². The Bertz CT molecular complexity index is 747. The molecule has 3 rings (SSSR count). The van der Waals surface area contributed by atoms with Crippen LogP contribution < -0.4 is 10.9 Å². The number of nitrogens with zero attached hydrogens (tertiary/aromatic N) is 3. The van der Waals surface area contributed by atoms with Crippen LogP contribution in [0.4, 0.5) is 5.95 Å². The number of rotatable bonds is 6. The Morgan fingerprint density at radius 3 is 2.83 bits per heavy atom. The second-order valence-corrected chi connectivity index (χ2v) is 7.54. The molecule has 0 radical (unpaired) electrons. The second kappa shape index (κ2) is 7.01. The fourth-order valence-electron chi connectivity index (χ4n) is 3.26. The van der Waals surface area contributed by atoms with Crippen LogP contribution in [0, 0.1) is 0 Å². The quantitative estimate of drug-likeness (QED) is 0.825. The van der Waals surface area contributed by atoms with Crippen LogP contribution in [-0.2, 0) is 19.4 Å². The summed E-state index contributed by atoms with van der Waals surface area (Å²) in [5.74, 6) is 0.724. The summed E-state index contributed by atoms with van der Waals surface area (Å²) in [6, 6.07) is 0. The lowest BCUT2D eigenvalue weighted by atomic mass is 9.97. The van der Waals surface area contributed by atoms with E-state index in [1.807, 2.05) is 6.92 Å². The van der Waals surface area contributed by atoms with Crippen LogP contribution in [0.25, 0.3) is 10.2 Å². The van der Waals surface area contributed by atoms with Gasteiger partial charge in [0.1, 0.15) is 4.83 Å². The van der Waals surface area contributed by atoms with Crippen molar-refractivity contribution in [1.82, 2.24) is 14.5 Å². The minimum atomic E-state index is 0.131. The SMILES string of the molecule is CCn1c(NCCCN(C)C)nc2sc3c(c2c1=O)CCCC3. The normalized spacial score (nSPS) is 14.4. The highest BCUT2D eigenvalue weighted by Crippen LogP contribution is 2.34. The maximum absolute atomic E-state index is 12.9. The van der Waals surface area contributed by atoms with Crippen LogP contribution in [0.3, 0.4) is 0 Å². The first-order valence-corrected chi connectivity index (χ1v) is 9.37. The van der Waals surface area contributed by atoms with E-state index in [0.29, 0.717) is 6.54 Å². The van der Waals surface area contributed by atoms with E-state index >= 15 is 0 Å². The molecule has 0 aromatic carbocycles. The number of anilines is 1. The van der Waals surface area contributed by atoms with Crippen LogP contribution >= 0.6 is 11.3 Å². The van der Waals surface area contributed by atoms with E-state index in [4.69, 9.17) is 4.98 Å². The summed E-state index contributed by atoms with van der Waals surface area (Å²) in [7, 11) is 4.14. The van der Waals surface area contributed by atoms with Crippen LogP contribution in [-0.4, -0.2) is 41.6 Å². The summed E-state index contributed by atoms with van der Waals surface area (Å²) in [4.78, 5) is 22.2. The molecule has 126 valence electrons. The third-order valence-electron chi connectivity index (χ3n) is 4.46. The van der Waals surface area contributed by atoms with Crippen molar-refractivity contribution < 1.29 is 0 Å². The number of hydrogen-bond donors (Lipinski definition) is 1. The Hall–Kier alpha value is -1.40. The standard InChI is InChI=1S/C17H26N4OS/c1-4-21-16(22)14-12-8-5-6-9-13(12)23-15(14)19-17(21)18-10-7-11-20(2)3/h4-11H2,1-3H3,(H,18,19). The molecule has 5 nitrogen and oxygen atoms in total. The average molecular weight is 334 g/mol. The predicted molar refractivity (Wildman–Crippen MR) is 97.9 cm³/mol. The summed E-state index contributed by atoms with van der Waals surface area (Å²) in [5, 5.41) is 4.24. The molecule has 0 bridgehead atoms. The molecule has 2 aromatic heterocycles. The van der Waals surface area contributed by atoms with Crippen LogP contribution in [0.1, 0.15) is 36.6 Å². The van der Waals surface area contributed by atoms with E-state index in [1.54, 1.807) is 15.9 Å². The average Bonchev–Trinajstić information content (AvgIpc) is 2.90. The molecule has 1 N–H and O–H groups in total. The van der Waals surface area contributed by atoms with Gasteiger partial charge in [-0.15, -0.1) is 11.3 Å². The molecule has 0 aliphatic heterocycles. The van der Waals surface area contributed by atoms with Gasteiger partial charge in [-0.25, -0.2) is 4.98 Å². The Morgan fingerprint density at radius 2 is 2.09 bits per heavy atom. The van der Waals surface area contributed by atoms with E-state index in [9.17, 15) is 4.79 Å². The van der Waals surface area contributed by atoms with Crippen LogP contribution in [0.5, 0.6) is 0 Å². The molecule has 0 amide bonds. The maximum atomic E-state index is 12.9. The van der Waals surface area contributed by atoms with E-state index in [1.165, 1.54) is 23.3 Å². The summed E-state index contributed by atoms with van der Waals surface area (Å²) in [6.45, 7) is 4.53. The highest BCUT2D eigenvalue weighted by molar-refractivity contribution is 7.18. The monoisotopic (exact) mass is 334 g/mol. The summed E-state index contributed by atoms with van der Waals surface area (Å²) in [6.07, 6.45) is 5.59. The molecule has 2 heterocycles. The highest BCUT2D eigenvalue weighted by atomic mass is 32.1. The minimum Gasteiger partial charge on any atom is -0.355 e. The summed E-state index contributed by atoms with van der Waals surface area (Å²) >= 11 is 1.72. The lowest BCUT2D eigenvalue weighted by Gasteiger charge is -2.14. The minimum absolute atomic E-state index is 0.131. The zero-order chi connectivity index (χ0) is 16.4. The summed E-state index contributed by atoms with van der Waals surface area (Å²) in [5.41, 5.74) is 1.40. The molecule has 0 fully saturated rings. The third kappa shape index (κ3) is 3.28. The Labute approximate surface area is 141 Å². The predicted octanol–water partition coefficient (Wildman–Crippen LogP) is 2.72. The zero-order valence-electron chi connectivity index (χ0n) is 14.3. The largest absolute Gasteiger partial charge is 0.355 e. The van der Waals surface area contributed by atoms with E-state index in [2.05, 4.69) is 24.3 Å². The van der Waals surface area contributed by atoms with Crippen molar-refractivity contribution in [3.63, 3.8) is 0 Å². The highest BCUT2D eigenvalue weighted by Gasteiger charge is 2.21. The first kappa shape index (κ1) is 16.5. The van der Waals surface area contributed by atoms with Crippen molar-refractivity contribution in [2.45, 2.75) is 45.6 Å². The lowest BCUT2D eigenvalue weighted by molar-refractivity contribution is 0.405. The molecule has 23 heavy (non-hydrogen) atoms. The topological polar surface area (TPSA) is 50.2 Å². The van der Waals surface area contributed by atoms with E-state index in [0.717, 1.165) is 48.5 Å². The van der Waals surface area contributed by atoms with Gasteiger partial charge in [0, 0.05) is 18.0 Å². The number of aryl methyl sites for hydroxylation is 2. The lowest BCUT2D eigenvalue weighted by Crippen LogP contribution is -2.26. The number of fused-ring (bicyclic) bond motifs is 3. The number of aromatic nitrogens is 2. The van der Waals surface area contributed by atoms with Crippen molar-refractivity contribution in [2.24, 2.45) is 0 Å². The van der Waals surface area contributed by atoms with Gasteiger partial charge in [0.05, 0.1) is 5.39 Å². The van der Waals surface area contributed by atoms with Crippen molar-refractivity contribution in [1.29, 1.82) is 0 Å². The third-order valence-corrected chi connectivity index (χ3v) is 5.64. The van der Waals surface area contributed by atoms with Crippen molar-refractivity contribution in [3.05, 3.63) is 20.8 Å². The smallest absolute Gasteiger partial charge is 0.263 e. The fourth-order valence-corrected chi connectivity index (χ4v) is 4.51. The zero-order valence-corrected chi connectivity index (χ0v) is 15.1. The molecule has 1 aliphatic carbocycles. The van der Waals surface area contributed by atoms with Gasteiger partial charge >= 0.3 is 0 Å². The maximum Gasteiger partial charge on any atom is 0.263 e. The molecule has 2 aromatic rings. The molecule has 1 aliphatic rings. The second-order valence-electron chi connectivity index (χ2n) is 6.46. The number of thiophene rings is 1. The van der Waals surface area contributed by atoms with Gasteiger partial charge in [0.15, 0.2) is 0 Å². The molecule has 0 spiro atoms. The van der Waals surface area contributed by atoms with Gasteiger partial charge in [-0.2, -0.15) is 0 Å². The first-order chi connectivity index (χ1) is 11.1. The van der Waals surface area contributed by atoms with Crippen LogP contribution in [0.2, 0.25) is 0 Å². The van der Waals surface area contributed by atoms with Crippen molar-refractivity contribution in [2.75, 3.05) is 32.5 Å². The molecule has 0 atom stereocenters. The molecular weight excluding hydrogens is 308 g/mol. The van der Waals surface area contributed by atoms with Gasteiger partial charge in [0.25, 0.3) is 5.56 Å². The van der Waals surface area contributed by atoms with Gasteiger partial charge in [-0.1, -0.05) is 0 Å². The molecule has 0 unspecified atom stereocenters. The van der Waals surface area contributed by atoms with Gasteiger partial charge in [0.2, 0.25) is 5.95 Å². The fraction of sp³-hybridized carbons (Fsp3) is 0.647. The van der Waals surface area contributed by atoms with Crippen molar-refractivity contribution >= 4 is 27.5 Å². The van der Waals surface area contributed by atoms with E-state index in [-0.39, 0.29) is 5.56 Å². The van der Waals surface area contributed by atoms with Crippen LogP contribution in [0.15, 0.2) is 4.79 Å².